The first-order valence-corrected chi connectivity index (χ1v) is 15.3. The van der Waals surface area contributed by atoms with E-state index in [0.29, 0.717) is 23.5 Å². The Labute approximate surface area is 261 Å². The van der Waals surface area contributed by atoms with Gasteiger partial charge in [-0.05, 0) is 62.2 Å². The summed E-state index contributed by atoms with van der Waals surface area (Å²) < 4.78 is 45.1. The van der Waals surface area contributed by atoms with Crippen LogP contribution in [0.15, 0.2) is 42.5 Å². The van der Waals surface area contributed by atoms with E-state index in [1.807, 2.05) is 6.92 Å². The molecule has 5 amide bonds. The smallest absolute Gasteiger partial charge is 0.416 e. The number of alkyl halides is 3. The van der Waals surface area contributed by atoms with Crippen molar-refractivity contribution < 1.29 is 37.4 Å². The van der Waals surface area contributed by atoms with Gasteiger partial charge < -0.3 is 35.6 Å². The van der Waals surface area contributed by atoms with E-state index in [9.17, 15) is 32.7 Å². The molecule has 1 aliphatic heterocycles. The van der Waals surface area contributed by atoms with Crippen molar-refractivity contribution in [3.63, 3.8) is 0 Å². The molecule has 0 aromatic heterocycles. The predicted molar refractivity (Wildman–Crippen MR) is 164 cm³/mol. The van der Waals surface area contributed by atoms with E-state index in [2.05, 4.69) is 16.0 Å². The summed E-state index contributed by atoms with van der Waals surface area (Å²) in [5, 5.41) is 18.1. The summed E-state index contributed by atoms with van der Waals surface area (Å²) in [5.74, 6) is -0.0108. The summed E-state index contributed by atoms with van der Waals surface area (Å²) in [5.41, 5.74) is 0.174. The monoisotopic (exact) mass is 633 g/mol. The van der Waals surface area contributed by atoms with Crippen LogP contribution < -0.4 is 20.7 Å². The van der Waals surface area contributed by atoms with Gasteiger partial charge in [0.1, 0.15) is 11.9 Å². The number of anilines is 2. The Morgan fingerprint density at radius 3 is 2.36 bits per heavy atom. The van der Waals surface area contributed by atoms with Gasteiger partial charge in [0.05, 0.1) is 31.2 Å². The van der Waals surface area contributed by atoms with Crippen molar-refractivity contribution in [1.82, 2.24) is 15.1 Å². The largest absolute Gasteiger partial charge is 0.488 e. The minimum absolute atomic E-state index is 0.0623. The van der Waals surface area contributed by atoms with Crippen molar-refractivity contribution in [2.24, 2.45) is 5.92 Å². The summed E-state index contributed by atoms with van der Waals surface area (Å²) in [7, 11) is 1.71. The molecule has 246 valence electrons. The molecule has 0 radical (unpaired) electrons. The average Bonchev–Trinajstić information content (AvgIpc) is 3.04. The maximum atomic E-state index is 13.5. The molecule has 2 aromatic carbocycles. The quantitative estimate of drug-likeness (QED) is 0.322. The minimum Gasteiger partial charge on any atom is -0.488 e. The van der Waals surface area contributed by atoms with Crippen LogP contribution in [-0.4, -0.2) is 77.8 Å². The van der Waals surface area contributed by atoms with E-state index in [1.54, 1.807) is 42.0 Å². The summed E-state index contributed by atoms with van der Waals surface area (Å²) in [6.07, 6.45) is 0.231. The lowest BCUT2D eigenvalue weighted by Gasteiger charge is -2.34. The Morgan fingerprint density at radius 2 is 1.71 bits per heavy atom. The second-order valence-electron chi connectivity index (χ2n) is 12.0. The Kier molecular flexibility index (Phi) is 11.2. The zero-order valence-electron chi connectivity index (χ0n) is 25.8. The van der Waals surface area contributed by atoms with Gasteiger partial charge in [-0.15, -0.1) is 0 Å². The van der Waals surface area contributed by atoms with E-state index in [1.165, 1.54) is 6.42 Å². The van der Waals surface area contributed by atoms with Crippen LogP contribution in [0.3, 0.4) is 0 Å². The topological polar surface area (TPSA) is 123 Å². The number of aliphatic hydroxyl groups is 1. The summed E-state index contributed by atoms with van der Waals surface area (Å²) >= 11 is 0. The Hall–Kier alpha value is -4.00. The molecular formula is C32H42F3N5O5. The van der Waals surface area contributed by atoms with Crippen molar-refractivity contribution >= 4 is 29.3 Å². The molecule has 4 N–H and O–H groups in total. The van der Waals surface area contributed by atoms with E-state index in [4.69, 9.17) is 4.74 Å². The van der Waals surface area contributed by atoms with E-state index in [0.717, 1.165) is 49.9 Å². The van der Waals surface area contributed by atoms with Gasteiger partial charge in [0.25, 0.3) is 0 Å². The van der Waals surface area contributed by atoms with Gasteiger partial charge in [0.2, 0.25) is 5.91 Å². The van der Waals surface area contributed by atoms with Crippen molar-refractivity contribution in [3.8, 4) is 5.75 Å². The summed E-state index contributed by atoms with van der Waals surface area (Å²) in [6, 6.07) is 7.74. The van der Waals surface area contributed by atoms with Crippen molar-refractivity contribution in [3.05, 3.63) is 53.6 Å². The highest BCUT2D eigenvalue weighted by Gasteiger charge is 2.33. The highest BCUT2D eigenvalue weighted by atomic mass is 19.4. The Balaban J connectivity index is 1.51. The Morgan fingerprint density at radius 1 is 1.07 bits per heavy atom. The summed E-state index contributed by atoms with van der Waals surface area (Å²) in [4.78, 5) is 42.4. The van der Waals surface area contributed by atoms with Crippen LogP contribution in [0.5, 0.6) is 5.75 Å². The van der Waals surface area contributed by atoms with Crippen molar-refractivity contribution in [2.45, 2.75) is 76.7 Å². The number of urea groups is 2. The molecular weight excluding hydrogens is 591 g/mol. The van der Waals surface area contributed by atoms with Crippen LogP contribution in [-0.2, 0) is 17.4 Å². The molecule has 45 heavy (non-hydrogen) atoms. The molecule has 13 heteroatoms. The van der Waals surface area contributed by atoms with Gasteiger partial charge in [-0.25, -0.2) is 9.59 Å². The van der Waals surface area contributed by atoms with E-state index < -0.39 is 29.9 Å². The molecule has 0 bridgehead atoms. The number of amides is 5. The zero-order valence-corrected chi connectivity index (χ0v) is 25.8. The van der Waals surface area contributed by atoms with Crippen LogP contribution in [0, 0.1) is 5.92 Å². The average molecular weight is 634 g/mol. The van der Waals surface area contributed by atoms with Crippen LogP contribution in [0.2, 0.25) is 0 Å². The predicted octanol–water partition coefficient (Wildman–Crippen LogP) is 5.47. The number of ether oxygens (including phenoxy) is 1. The number of benzene rings is 2. The molecule has 1 fully saturated rings. The number of nitrogens with one attached hydrogen (secondary N) is 3. The van der Waals surface area contributed by atoms with Gasteiger partial charge in [0.15, 0.2) is 0 Å². The van der Waals surface area contributed by atoms with Crippen molar-refractivity contribution in [1.29, 1.82) is 0 Å². The third-order valence-electron chi connectivity index (χ3n) is 8.38. The van der Waals surface area contributed by atoms with Crippen LogP contribution in [0.25, 0.3) is 0 Å². The molecule has 2 aliphatic rings. The first-order valence-electron chi connectivity index (χ1n) is 15.3. The lowest BCUT2D eigenvalue weighted by Crippen LogP contribution is -2.50. The summed E-state index contributed by atoms with van der Waals surface area (Å²) in [6.45, 7) is 4.02. The first kappa shape index (κ1) is 33.9. The number of likely N-dealkylation sites (N-methyl/N-ethyl adjacent to an activating group) is 1. The second kappa shape index (κ2) is 14.9. The number of carbonyl (C=O) groups is 3. The van der Waals surface area contributed by atoms with Crippen LogP contribution in [0.1, 0.15) is 57.1 Å². The number of aliphatic hydroxyl groups excluding tert-OH is 1. The highest BCUT2D eigenvalue weighted by molar-refractivity contribution is 6.00. The molecule has 3 atom stereocenters. The zero-order chi connectivity index (χ0) is 32.7. The number of rotatable bonds is 7. The maximum Gasteiger partial charge on any atom is 0.416 e. The third kappa shape index (κ3) is 9.25. The fourth-order valence-electron chi connectivity index (χ4n) is 5.65. The normalized spacial score (nSPS) is 20.1. The number of hydrogen-bond acceptors (Lipinski definition) is 5. The van der Waals surface area contributed by atoms with E-state index in [-0.39, 0.29) is 49.2 Å². The van der Waals surface area contributed by atoms with Crippen molar-refractivity contribution in [2.75, 3.05) is 37.4 Å². The number of hydrogen-bond donors (Lipinski definition) is 4. The molecule has 4 rings (SSSR count). The first-order chi connectivity index (χ1) is 21.3. The number of fused-ring (bicyclic) bond motifs is 1. The molecule has 0 saturated heterocycles. The lowest BCUT2D eigenvalue weighted by atomic mass is 9.96. The van der Waals surface area contributed by atoms with Crippen LogP contribution in [0.4, 0.5) is 34.1 Å². The maximum absolute atomic E-state index is 13.5. The number of carbonyl (C=O) groups excluding carboxylic acids is 3. The van der Waals surface area contributed by atoms with Gasteiger partial charge in [-0.3, -0.25) is 4.79 Å². The molecule has 0 spiro atoms. The Bertz CT molecular complexity index is 1330. The fourth-order valence-corrected chi connectivity index (χ4v) is 5.65. The molecule has 0 unspecified atom stereocenters. The molecule has 1 heterocycles. The second-order valence-corrected chi connectivity index (χ2v) is 12.0. The van der Waals surface area contributed by atoms with E-state index >= 15 is 0 Å². The fraction of sp³-hybridized carbons (Fsp3) is 0.531. The standard InChI is InChI=1S/C32H42F3N5O5/c1-20-17-40(21(2)19-41)29(42)16-22-15-26(37-30(43)36-25-11-9-23(10-12-25)32(33,34)35)13-14-27(22)45-28(20)18-39(3)31(44)38-24-7-5-4-6-8-24/h9-15,20-21,24,28,41H,4-8,16-19H2,1-3H3,(H,38,44)(H2,36,37,43)/t20-,21+,28-/m1/s1. The third-order valence-corrected chi connectivity index (χ3v) is 8.38. The molecule has 1 saturated carbocycles. The van der Waals surface area contributed by atoms with Gasteiger partial charge >= 0.3 is 18.2 Å². The van der Waals surface area contributed by atoms with Gasteiger partial charge in [-0.1, -0.05) is 26.2 Å². The van der Waals surface area contributed by atoms with Gasteiger partial charge in [0, 0.05) is 42.5 Å². The number of halogens is 3. The molecule has 1 aliphatic carbocycles. The molecule has 10 nitrogen and oxygen atoms in total. The SMILES string of the molecule is C[C@@H]1CN([C@@H](C)CO)C(=O)Cc2cc(NC(=O)Nc3ccc(C(F)(F)F)cc3)ccc2O[C@@H]1CN(C)C(=O)NC1CCCCC1. The van der Waals surface area contributed by atoms with Gasteiger partial charge in [-0.2, -0.15) is 13.2 Å². The van der Waals surface area contributed by atoms with Crippen LogP contribution >= 0.6 is 0 Å². The minimum atomic E-state index is -4.49. The highest BCUT2D eigenvalue weighted by Crippen LogP contribution is 2.31. The number of nitrogens with zero attached hydrogens (tertiary/aromatic N) is 2. The molecule has 2 aromatic rings. The lowest BCUT2D eigenvalue weighted by molar-refractivity contribution is -0.137.